The molecule has 0 bridgehead atoms. The molecule has 0 saturated heterocycles. The van der Waals surface area contributed by atoms with Crippen LogP contribution in [0.4, 0.5) is 0 Å². The molecule has 0 spiro atoms. The number of carbonyl (C=O) groups is 1. The molecule has 2 aliphatic rings. The van der Waals surface area contributed by atoms with Crippen LogP contribution in [-0.2, 0) is 21.1 Å². The number of carbonyl (C=O) groups excluding carboxylic acids is 1. The molecule has 51 heavy (non-hydrogen) atoms. The number of rotatable bonds is 18. The number of unbranched alkanes of at least 4 members (excludes halogenated alkanes) is 4. The standard InChI is InChI=1S/C44H60O4.3CH4.2H2/c1-3-5-8-12-34-16-22-37(23-17-34)39-26-20-36(21-27-39)32-47-48-43(41-14-10-7-11-15-41)33-46-44(45)42-30-28-40(29-31-42)38-24-18-35(19-25-38)13-9-6-4-2;;;;;/h7,10-11,14-15,20-21,26-31,34-35,37-38,43H,3-6,8-9,12-13,16-19,22-25,32-33H2,1-2H3;3*1H4;2*1H. The van der Waals surface area contributed by atoms with Gasteiger partial charge in [0.05, 0.1) is 5.56 Å². The van der Waals surface area contributed by atoms with E-state index in [4.69, 9.17) is 14.5 Å². The lowest BCUT2D eigenvalue weighted by molar-refractivity contribution is -0.340. The molecule has 4 heteroatoms. The van der Waals surface area contributed by atoms with Gasteiger partial charge in [-0.3, -0.25) is 0 Å². The lowest BCUT2D eigenvalue weighted by Gasteiger charge is -2.29. The second kappa shape index (κ2) is 24.3. The molecule has 4 nitrogen and oxygen atoms in total. The third-order valence-electron chi connectivity index (χ3n) is 11.1. The Morgan fingerprint density at radius 1 is 0.647 bits per heavy atom. The zero-order valence-electron chi connectivity index (χ0n) is 29.8. The predicted molar refractivity (Wildman–Crippen MR) is 220 cm³/mol. The van der Waals surface area contributed by atoms with E-state index in [1.807, 2.05) is 42.5 Å². The molecular weight excluding hydrogens is 629 g/mol. The molecule has 3 aromatic carbocycles. The molecule has 5 rings (SSSR count). The summed E-state index contributed by atoms with van der Waals surface area (Å²) in [5.74, 6) is 2.76. The molecule has 3 aromatic rings. The van der Waals surface area contributed by atoms with Crippen molar-refractivity contribution in [2.45, 2.75) is 163 Å². The van der Waals surface area contributed by atoms with Crippen molar-refractivity contribution in [3.63, 3.8) is 0 Å². The minimum atomic E-state index is -0.520. The molecule has 1 unspecified atom stereocenters. The van der Waals surface area contributed by atoms with Gasteiger partial charge in [0.1, 0.15) is 13.2 Å². The number of hydrogen-bond donors (Lipinski definition) is 0. The summed E-state index contributed by atoms with van der Waals surface area (Å²) < 4.78 is 5.77. The van der Waals surface area contributed by atoms with Crippen LogP contribution in [0.25, 0.3) is 0 Å². The number of ether oxygens (including phenoxy) is 1. The fourth-order valence-corrected chi connectivity index (χ4v) is 7.98. The second-order valence-electron chi connectivity index (χ2n) is 14.6. The van der Waals surface area contributed by atoms with Crippen molar-refractivity contribution in [1.29, 1.82) is 0 Å². The predicted octanol–water partition coefficient (Wildman–Crippen LogP) is 14.8. The fourth-order valence-electron chi connectivity index (χ4n) is 7.98. The van der Waals surface area contributed by atoms with E-state index in [0.717, 1.165) is 23.0 Å². The Kier molecular flexibility index (Phi) is 21.1. The zero-order chi connectivity index (χ0) is 33.4. The fraction of sp³-hybridized carbons (Fsp3) is 0.596. The van der Waals surface area contributed by atoms with Gasteiger partial charge in [-0.2, -0.15) is 0 Å². The van der Waals surface area contributed by atoms with Crippen LogP contribution >= 0.6 is 0 Å². The normalized spacial score (nSPS) is 20.6. The van der Waals surface area contributed by atoms with Gasteiger partial charge >= 0.3 is 5.97 Å². The highest BCUT2D eigenvalue weighted by atomic mass is 17.2. The molecule has 2 fully saturated rings. The first-order valence-corrected chi connectivity index (χ1v) is 19.3. The Labute approximate surface area is 316 Å². The molecular formula is C47H76O4. The minimum Gasteiger partial charge on any atom is -0.459 e. The topological polar surface area (TPSA) is 44.8 Å². The maximum Gasteiger partial charge on any atom is 0.338 e. The molecule has 0 radical (unpaired) electrons. The van der Waals surface area contributed by atoms with E-state index in [9.17, 15) is 4.79 Å². The molecule has 0 aromatic heterocycles. The number of esters is 1. The van der Waals surface area contributed by atoms with Crippen molar-refractivity contribution < 1.29 is 22.2 Å². The zero-order valence-corrected chi connectivity index (χ0v) is 29.8. The van der Waals surface area contributed by atoms with E-state index in [1.54, 1.807) is 0 Å². The van der Waals surface area contributed by atoms with Crippen molar-refractivity contribution in [3.8, 4) is 0 Å². The summed E-state index contributed by atoms with van der Waals surface area (Å²) >= 11 is 0. The smallest absolute Gasteiger partial charge is 0.338 e. The summed E-state index contributed by atoms with van der Waals surface area (Å²) in [7, 11) is 0. The lowest BCUT2D eigenvalue weighted by Crippen LogP contribution is -2.16. The average Bonchev–Trinajstić information content (AvgIpc) is 3.14. The van der Waals surface area contributed by atoms with Gasteiger partial charge in [0.15, 0.2) is 6.10 Å². The van der Waals surface area contributed by atoms with Gasteiger partial charge in [0, 0.05) is 2.85 Å². The van der Waals surface area contributed by atoms with Gasteiger partial charge in [0.2, 0.25) is 0 Å². The molecule has 0 aliphatic heterocycles. The Balaban J connectivity index is 0.00000541. The van der Waals surface area contributed by atoms with Crippen LogP contribution in [0.15, 0.2) is 78.9 Å². The van der Waals surface area contributed by atoms with Gasteiger partial charge in [0.25, 0.3) is 0 Å². The van der Waals surface area contributed by atoms with E-state index in [2.05, 4.69) is 50.2 Å². The van der Waals surface area contributed by atoms with Crippen LogP contribution in [0.1, 0.15) is 192 Å². The highest BCUT2D eigenvalue weighted by Crippen LogP contribution is 2.39. The number of hydrogen-bond acceptors (Lipinski definition) is 4. The van der Waals surface area contributed by atoms with E-state index < -0.39 is 6.10 Å². The molecule has 0 amide bonds. The summed E-state index contributed by atoms with van der Waals surface area (Å²) in [5, 5.41) is 0. The van der Waals surface area contributed by atoms with Crippen molar-refractivity contribution in [2.75, 3.05) is 6.61 Å². The van der Waals surface area contributed by atoms with E-state index in [-0.39, 0.29) is 37.7 Å². The molecule has 2 aliphatic carbocycles. The third kappa shape index (κ3) is 14.2. The SMILES string of the molecule is C.C.C.CCCCCC1CCC(c2ccc(COOC(COC(=O)c3ccc(C4CCC(CCCCC)CC4)cc3)c3ccccc3)cc2)CC1.[HH].[HH]. The van der Waals surface area contributed by atoms with E-state index >= 15 is 0 Å². The van der Waals surface area contributed by atoms with Gasteiger partial charge in [-0.25, -0.2) is 14.6 Å². The van der Waals surface area contributed by atoms with Crippen molar-refractivity contribution in [3.05, 3.63) is 107 Å². The maximum absolute atomic E-state index is 13.1. The summed E-state index contributed by atoms with van der Waals surface area (Å²) in [6, 6.07) is 26.8. The first-order valence-electron chi connectivity index (χ1n) is 19.3. The minimum absolute atomic E-state index is 0. The monoisotopic (exact) mass is 705 g/mol. The number of benzene rings is 3. The molecule has 288 valence electrons. The Morgan fingerprint density at radius 2 is 1.14 bits per heavy atom. The van der Waals surface area contributed by atoms with Crippen LogP contribution in [0.3, 0.4) is 0 Å². The summed E-state index contributed by atoms with van der Waals surface area (Å²) in [6.07, 6.45) is 20.9. The molecule has 0 N–H and O–H groups in total. The summed E-state index contributed by atoms with van der Waals surface area (Å²) in [5.41, 5.74) is 5.34. The van der Waals surface area contributed by atoms with Crippen molar-refractivity contribution >= 4 is 5.97 Å². The van der Waals surface area contributed by atoms with E-state index in [0.29, 0.717) is 24.0 Å². The highest BCUT2D eigenvalue weighted by molar-refractivity contribution is 5.89. The molecule has 2 saturated carbocycles. The van der Waals surface area contributed by atoms with Gasteiger partial charge < -0.3 is 4.74 Å². The first kappa shape index (κ1) is 44.2. The molecule has 1 atom stereocenters. The lowest BCUT2D eigenvalue weighted by atomic mass is 9.77. The van der Waals surface area contributed by atoms with Crippen LogP contribution in [0.2, 0.25) is 0 Å². The first-order chi connectivity index (χ1) is 23.6. The van der Waals surface area contributed by atoms with Crippen LogP contribution in [0.5, 0.6) is 0 Å². The second-order valence-corrected chi connectivity index (χ2v) is 14.6. The van der Waals surface area contributed by atoms with E-state index in [1.165, 1.54) is 114 Å². The average molecular weight is 705 g/mol. The van der Waals surface area contributed by atoms with Gasteiger partial charge in [-0.1, -0.05) is 154 Å². The quantitative estimate of drug-likeness (QED) is 0.0572. The Morgan fingerprint density at radius 3 is 1.63 bits per heavy atom. The highest BCUT2D eigenvalue weighted by Gasteiger charge is 2.24. The van der Waals surface area contributed by atoms with Crippen LogP contribution in [0, 0.1) is 11.8 Å². The summed E-state index contributed by atoms with van der Waals surface area (Å²) in [4.78, 5) is 24.7. The van der Waals surface area contributed by atoms with Crippen molar-refractivity contribution in [2.24, 2.45) is 11.8 Å². The van der Waals surface area contributed by atoms with Crippen LogP contribution < -0.4 is 0 Å². The molecule has 0 heterocycles. The van der Waals surface area contributed by atoms with Crippen LogP contribution in [-0.4, -0.2) is 12.6 Å². The van der Waals surface area contributed by atoms with Gasteiger partial charge in [-0.15, -0.1) is 0 Å². The maximum atomic E-state index is 13.1. The van der Waals surface area contributed by atoms with Crippen molar-refractivity contribution in [1.82, 2.24) is 0 Å². The summed E-state index contributed by atoms with van der Waals surface area (Å²) in [6.45, 7) is 4.98. The Hall–Kier alpha value is -2.95. The largest absolute Gasteiger partial charge is 0.459 e. The third-order valence-corrected chi connectivity index (χ3v) is 11.1. The Bertz CT molecular complexity index is 1310. The van der Waals surface area contributed by atoms with Gasteiger partial charge in [-0.05, 0) is 109 Å².